The predicted molar refractivity (Wildman–Crippen MR) is 90.5 cm³/mol. The van der Waals surface area contributed by atoms with Gasteiger partial charge in [0, 0.05) is 35.8 Å². The first-order valence-corrected chi connectivity index (χ1v) is 7.71. The van der Waals surface area contributed by atoms with Gasteiger partial charge in [0.25, 0.3) is 5.78 Å². The Morgan fingerprint density at radius 1 is 1.33 bits per heavy atom. The van der Waals surface area contributed by atoms with Crippen molar-refractivity contribution in [2.24, 2.45) is 0 Å². The van der Waals surface area contributed by atoms with E-state index in [1.807, 2.05) is 39.0 Å². The van der Waals surface area contributed by atoms with Crippen LogP contribution in [0.1, 0.15) is 19.5 Å². The molecule has 0 aliphatic carbocycles. The van der Waals surface area contributed by atoms with Gasteiger partial charge >= 0.3 is 0 Å². The van der Waals surface area contributed by atoms with E-state index in [-0.39, 0.29) is 18.5 Å². The smallest absolute Gasteiger partial charge is 0.254 e. The third-order valence-corrected chi connectivity index (χ3v) is 3.24. The maximum Gasteiger partial charge on any atom is 0.254 e. The van der Waals surface area contributed by atoms with Gasteiger partial charge in [-0.25, -0.2) is 4.98 Å². The van der Waals surface area contributed by atoms with Crippen molar-refractivity contribution in [3.63, 3.8) is 0 Å². The number of amides is 1. The van der Waals surface area contributed by atoms with E-state index in [4.69, 9.17) is 0 Å². The molecule has 0 aromatic carbocycles. The van der Waals surface area contributed by atoms with Gasteiger partial charge in [-0.15, -0.1) is 5.10 Å². The Balaban J connectivity index is 1.90. The van der Waals surface area contributed by atoms with Crippen LogP contribution in [-0.4, -0.2) is 43.1 Å². The van der Waals surface area contributed by atoms with Crippen LogP contribution in [0.5, 0.6) is 0 Å². The van der Waals surface area contributed by atoms with Crippen LogP contribution in [-0.2, 0) is 4.79 Å². The lowest BCUT2D eigenvalue weighted by molar-refractivity contribution is -0.119. The number of aromatic nitrogens is 5. The second-order valence-electron chi connectivity index (χ2n) is 5.75. The van der Waals surface area contributed by atoms with Crippen molar-refractivity contribution < 1.29 is 4.79 Å². The van der Waals surface area contributed by atoms with Crippen LogP contribution in [0.2, 0.25) is 0 Å². The van der Waals surface area contributed by atoms with E-state index in [2.05, 4.69) is 30.7 Å². The maximum absolute atomic E-state index is 11.8. The molecule has 3 aromatic heterocycles. The molecule has 0 unspecified atom stereocenters. The van der Waals surface area contributed by atoms with Crippen LogP contribution < -0.4 is 10.6 Å². The molecule has 3 aromatic rings. The first kappa shape index (κ1) is 15.9. The van der Waals surface area contributed by atoms with Crippen LogP contribution in [0.4, 0.5) is 5.82 Å². The molecule has 3 heterocycles. The van der Waals surface area contributed by atoms with Gasteiger partial charge in [-0.05, 0) is 32.9 Å². The molecular weight excluding hydrogens is 306 g/mol. The molecule has 8 heteroatoms. The number of fused-ring (bicyclic) bond motifs is 1. The highest BCUT2D eigenvalue weighted by Crippen LogP contribution is 2.17. The average Bonchev–Trinajstić information content (AvgIpc) is 2.96. The van der Waals surface area contributed by atoms with Crippen molar-refractivity contribution >= 4 is 17.5 Å². The minimum atomic E-state index is -0.0831. The van der Waals surface area contributed by atoms with Gasteiger partial charge in [0.1, 0.15) is 5.82 Å². The molecule has 0 aliphatic heterocycles. The van der Waals surface area contributed by atoms with E-state index >= 15 is 0 Å². The number of carbonyl (C=O) groups is 1. The SMILES string of the molecule is Cc1cc(NCC(=O)NC(C)C)n2nc(-c3cccnc3)nc2n1. The first-order valence-electron chi connectivity index (χ1n) is 7.71. The molecule has 8 nitrogen and oxygen atoms in total. The molecule has 0 bridgehead atoms. The third-order valence-electron chi connectivity index (χ3n) is 3.24. The summed E-state index contributed by atoms with van der Waals surface area (Å²) in [5, 5.41) is 10.4. The van der Waals surface area contributed by atoms with Crippen LogP contribution in [0.15, 0.2) is 30.6 Å². The number of pyridine rings is 1. The summed E-state index contributed by atoms with van der Waals surface area (Å²) in [6.45, 7) is 5.87. The fraction of sp³-hybridized carbons (Fsp3) is 0.312. The first-order chi connectivity index (χ1) is 11.5. The van der Waals surface area contributed by atoms with Crippen molar-refractivity contribution in [2.45, 2.75) is 26.8 Å². The van der Waals surface area contributed by atoms with Crippen molar-refractivity contribution in [1.29, 1.82) is 0 Å². The normalized spacial score (nSPS) is 11.0. The second-order valence-corrected chi connectivity index (χ2v) is 5.75. The minimum Gasteiger partial charge on any atom is -0.361 e. The number of aryl methyl sites for hydroxylation is 1. The molecule has 0 saturated carbocycles. The molecule has 0 fully saturated rings. The zero-order valence-corrected chi connectivity index (χ0v) is 13.8. The molecule has 0 radical (unpaired) electrons. The zero-order chi connectivity index (χ0) is 17.1. The number of anilines is 1. The summed E-state index contributed by atoms with van der Waals surface area (Å²) in [6, 6.07) is 5.65. The van der Waals surface area contributed by atoms with Crippen molar-refractivity contribution in [3.05, 3.63) is 36.3 Å². The Morgan fingerprint density at radius 3 is 2.88 bits per heavy atom. The highest BCUT2D eigenvalue weighted by atomic mass is 16.1. The Hall–Kier alpha value is -3.03. The maximum atomic E-state index is 11.8. The Morgan fingerprint density at radius 2 is 2.17 bits per heavy atom. The Labute approximate surface area is 139 Å². The third kappa shape index (κ3) is 3.48. The van der Waals surface area contributed by atoms with E-state index in [0.29, 0.717) is 17.4 Å². The van der Waals surface area contributed by atoms with Crippen molar-refractivity contribution in [2.75, 3.05) is 11.9 Å². The van der Waals surface area contributed by atoms with E-state index in [1.165, 1.54) is 0 Å². The number of rotatable bonds is 5. The molecule has 124 valence electrons. The molecule has 2 N–H and O–H groups in total. The zero-order valence-electron chi connectivity index (χ0n) is 13.8. The topological polar surface area (TPSA) is 97.1 Å². The Bertz CT molecular complexity index is 857. The predicted octanol–water partition coefficient (Wildman–Crippen LogP) is 1.43. The summed E-state index contributed by atoms with van der Waals surface area (Å²) >= 11 is 0. The lowest BCUT2D eigenvalue weighted by Gasteiger charge is -2.11. The van der Waals surface area contributed by atoms with E-state index in [9.17, 15) is 4.79 Å². The Kier molecular flexibility index (Phi) is 4.37. The van der Waals surface area contributed by atoms with E-state index in [1.54, 1.807) is 16.9 Å². The summed E-state index contributed by atoms with van der Waals surface area (Å²) in [6.07, 6.45) is 3.40. The standard InChI is InChI=1S/C16H19N7O/c1-10(2)19-14(24)9-18-13-7-11(3)20-16-21-15(22-23(13)16)12-5-4-6-17-8-12/h4-8,10,18H,9H2,1-3H3,(H,19,24). The summed E-state index contributed by atoms with van der Waals surface area (Å²) in [5.74, 6) is 1.59. The van der Waals surface area contributed by atoms with Crippen molar-refractivity contribution in [3.8, 4) is 11.4 Å². The summed E-state index contributed by atoms with van der Waals surface area (Å²) in [4.78, 5) is 24.7. The van der Waals surface area contributed by atoms with E-state index in [0.717, 1.165) is 11.3 Å². The molecule has 0 aliphatic rings. The number of nitrogens with one attached hydrogen (secondary N) is 2. The van der Waals surface area contributed by atoms with Crippen molar-refractivity contribution in [1.82, 2.24) is 29.9 Å². The molecule has 24 heavy (non-hydrogen) atoms. The fourth-order valence-corrected chi connectivity index (χ4v) is 2.27. The highest BCUT2D eigenvalue weighted by molar-refractivity contribution is 5.80. The largest absolute Gasteiger partial charge is 0.361 e. The molecule has 0 saturated heterocycles. The number of nitrogens with zero attached hydrogens (tertiary/aromatic N) is 5. The molecule has 1 amide bonds. The number of hydrogen-bond donors (Lipinski definition) is 2. The summed E-state index contributed by atoms with van der Waals surface area (Å²) < 4.78 is 1.60. The molecule has 0 spiro atoms. The minimum absolute atomic E-state index is 0.0831. The second kappa shape index (κ2) is 6.61. The molecular formula is C16H19N7O. The fourth-order valence-electron chi connectivity index (χ4n) is 2.27. The monoisotopic (exact) mass is 325 g/mol. The van der Waals surface area contributed by atoms with Crippen LogP contribution in [0.25, 0.3) is 17.2 Å². The van der Waals surface area contributed by atoms with Gasteiger partial charge in [-0.3, -0.25) is 9.78 Å². The average molecular weight is 325 g/mol. The van der Waals surface area contributed by atoms with E-state index < -0.39 is 0 Å². The van der Waals surface area contributed by atoms with Crippen LogP contribution in [0.3, 0.4) is 0 Å². The van der Waals surface area contributed by atoms with Gasteiger partial charge in [0.15, 0.2) is 5.82 Å². The van der Waals surface area contributed by atoms with Crippen LogP contribution >= 0.6 is 0 Å². The summed E-state index contributed by atoms with van der Waals surface area (Å²) in [5.41, 5.74) is 1.60. The lowest BCUT2D eigenvalue weighted by atomic mass is 10.3. The lowest BCUT2D eigenvalue weighted by Crippen LogP contribution is -2.35. The molecule has 0 atom stereocenters. The number of carbonyl (C=O) groups excluding carboxylic acids is 1. The highest BCUT2D eigenvalue weighted by Gasteiger charge is 2.12. The van der Waals surface area contributed by atoms with Crippen LogP contribution in [0, 0.1) is 6.92 Å². The number of hydrogen-bond acceptors (Lipinski definition) is 6. The molecule has 3 rings (SSSR count). The quantitative estimate of drug-likeness (QED) is 0.736. The summed E-state index contributed by atoms with van der Waals surface area (Å²) in [7, 11) is 0. The van der Waals surface area contributed by atoms with Gasteiger partial charge in [-0.1, -0.05) is 0 Å². The van der Waals surface area contributed by atoms with Gasteiger partial charge in [0.2, 0.25) is 5.91 Å². The van der Waals surface area contributed by atoms with Gasteiger partial charge in [-0.2, -0.15) is 9.50 Å². The van der Waals surface area contributed by atoms with Gasteiger partial charge in [0.05, 0.1) is 6.54 Å². The van der Waals surface area contributed by atoms with Gasteiger partial charge < -0.3 is 10.6 Å².